The normalized spacial score (nSPS) is 37.3. The van der Waals surface area contributed by atoms with Gasteiger partial charge in [0.15, 0.2) is 0 Å². The number of morpholine rings is 1. The second kappa shape index (κ2) is 7.08. The van der Waals surface area contributed by atoms with Gasteiger partial charge in [0.1, 0.15) is 0 Å². The Kier molecular flexibility index (Phi) is 5.29. The van der Waals surface area contributed by atoms with E-state index in [1.54, 1.807) is 0 Å². The minimum absolute atomic E-state index is 0.0702. The van der Waals surface area contributed by atoms with E-state index in [0.29, 0.717) is 17.9 Å². The summed E-state index contributed by atoms with van der Waals surface area (Å²) in [6, 6.07) is 0.336. The summed E-state index contributed by atoms with van der Waals surface area (Å²) >= 11 is 0. The molecule has 0 radical (unpaired) electrons. The van der Waals surface area contributed by atoms with Crippen LogP contribution in [0.2, 0.25) is 0 Å². The highest BCUT2D eigenvalue weighted by atomic mass is 16.5. The van der Waals surface area contributed by atoms with E-state index < -0.39 is 0 Å². The minimum Gasteiger partial charge on any atom is -0.373 e. The molecule has 23 heavy (non-hydrogen) atoms. The predicted molar refractivity (Wildman–Crippen MR) is 91.0 cm³/mol. The first-order chi connectivity index (χ1) is 10.9. The fourth-order valence-electron chi connectivity index (χ4n) is 4.79. The van der Waals surface area contributed by atoms with Gasteiger partial charge in [-0.05, 0) is 51.4 Å². The summed E-state index contributed by atoms with van der Waals surface area (Å²) in [7, 11) is 0. The van der Waals surface area contributed by atoms with Gasteiger partial charge >= 0.3 is 0 Å². The quantitative estimate of drug-likeness (QED) is 0.820. The van der Waals surface area contributed by atoms with Crippen LogP contribution in [0.25, 0.3) is 0 Å². The number of nitrogens with zero attached hydrogens (tertiary/aromatic N) is 1. The van der Waals surface area contributed by atoms with E-state index in [1.165, 1.54) is 19.3 Å². The van der Waals surface area contributed by atoms with E-state index >= 15 is 0 Å². The van der Waals surface area contributed by atoms with Crippen LogP contribution in [-0.2, 0) is 9.53 Å². The van der Waals surface area contributed by atoms with Crippen LogP contribution in [0, 0.1) is 17.8 Å². The Labute approximate surface area is 140 Å². The molecule has 2 unspecified atom stereocenters. The summed E-state index contributed by atoms with van der Waals surface area (Å²) in [6.45, 7) is 8.59. The monoisotopic (exact) mass is 323 g/mol. The van der Waals surface area contributed by atoms with Crippen LogP contribution in [0.3, 0.4) is 0 Å². The maximum Gasteiger partial charge on any atom is 0.223 e. The van der Waals surface area contributed by atoms with E-state index in [-0.39, 0.29) is 17.4 Å². The molecule has 132 valence electrons. The van der Waals surface area contributed by atoms with Crippen molar-refractivity contribution in [1.82, 2.24) is 10.2 Å². The molecule has 5 nitrogen and oxygen atoms in total. The number of fused-ring (bicyclic) bond motifs is 2. The number of carbonyl (C=O) groups is 1. The maximum atomic E-state index is 12.5. The van der Waals surface area contributed by atoms with Crippen molar-refractivity contribution in [3.63, 3.8) is 0 Å². The summed E-state index contributed by atoms with van der Waals surface area (Å²) in [5.74, 6) is 1.57. The molecule has 2 saturated carbocycles. The van der Waals surface area contributed by atoms with Gasteiger partial charge in [-0.1, -0.05) is 6.42 Å². The molecule has 2 atom stereocenters. The minimum atomic E-state index is -0.0702. The van der Waals surface area contributed by atoms with E-state index in [4.69, 9.17) is 10.5 Å². The van der Waals surface area contributed by atoms with Crippen molar-refractivity contribution in [1.29, 1.82) is 0 Å². The topological polar surface area (TPSA) is 67.6 Å². The van der Waals surface area contributed by atoms with Gasteiger partial charge in [-0.15, -0.1) is 0 Å². The molecule has 0 spiro atoms. The average Bonchev–Trinajstić information content (AvgIpc) is 2.45. The van der Waals surface area contributed by atoms with E-state index in [0.717, 1.165) is 45.6 Å². The van der Waals surface area contributed by atoms with Crippen molar-refractivity contribution in [2.75, 3.05) is 32.8 Å². The molecule has 3 fully saturated rings. The molecular weight excluding hydrogens is 290 g/mol. The second-order valence-electron chi connectivity index (χ2n) is 8.37. The van der Waals surface area contributed by atoms with Crippen molar-refractivity contribution in [3.8, 4) is 0 Å². The number of carbonyl (C=O) groups excluding carboxylic acids is 1. The zero-order valence-corrected chi connectivity index (χ0v) is 14.7. The number of nitrogens with one attached hydrogen (secondary N) is 1. The van der Waals surface area contributed by atoms with E-state index in [9.17, 15) is 4.79 Å². The van der Waals surface area contributed by atoms with Crippen LogP contribution in [0.5, 0.6) is 0 Å². The van der Waals surface area contributed by atoms with Gasteiger partial charge in [-0.2, -0.15) is 0 Å². The average molecular weight is 323 g/mol. The molecule has 0 aromatic rings. The third-order valence-electron chi connectivity index (χ3n) is 6.02. The summed E-state index contributed by atoms with van der Waals surface area (Å²) in [6.07, 6.45) is 5.71. The Morgan fingerprint density at radius 3 is 2.65 bits per heavy atom. The molecule has 5 heteroatoms. The Morgan fingerprint density at radius 1 is 1.30 bits per heavy atom. The molecule has 1 saturated heterocycles. The first-order valence-corrected chi connectivity index (χ1v) is 9.34. The largest absolute Gasteiger partial charge is 0.373 e. The third kappa shape index (κ3) is 4.25. The summed E-state index contributed by atoms with van der Waals surface area (Å²) in [5, 5.41) is 3.17. The number of nitrogens with two attached hydrogens (primary N) is 1. The highest BCUT2D eigenvalue weighted by Crippen LogP contribution is 2.41. The second-order valence-corrected chi connectivity index (χ2v) is 8.37. The van der Waals surface area contributed by atoms with Crippen molar-refractivity contribution < 1.29 is 9.53 Å². The molecule has 3 aliphatic rings. The molecule has 2 bridgehead atoms. The fraction of sp³-hybridized carbons (Fsp3) is 0.944. The van der Waals surface area contributed by atoms with Crippen molar-refractivity contribution in [3.05, 3.63) is 0 Å². The lowest BCUT2D eigenvalue weighted by atomic mass is 9.65. The first-order valence-electron chi connectivity index (χ1n) is 9.34. The zero-order chi connectivity index (χ0) is 16.4. The fourth-order valence-corrected chi connectivity index (χ4v) is 4.79. The van der Waals surface area contributed by atoms with Crippen LogP contribution in [0.1, 0.15) is 46.0 Å². The van der Waals surface area contributed by atoms with Gasteiger partial charge in [0, 0.05) is 38.1 Å². The van der Waals surface area contributed by atoms with Gasteiger partial charge in [-0.3, -0.25) is 9.69 Å². The SMILES string of the molecule is CC1(C)CN(CCNC(=O)C2CC3CCCC(C2)C3N)CCO1. The van der Waals surface area contributed by atoms with Crippen LogP contribution in [0.4, 0.5) is 0 Å². The lowest BCUT2D eigenvalue weighted by Crippen LogP contribution is -2.51. The van der Waals surface area contributed by atoms with E-state index in [2.05, 4.69) is 24.1 Å². The Morgan fingerprint density at radius 2 is 2.00 bits per heavy atom. The van der Waals surface area contributed by atoms with Gasteiger partial charge in [0.2, 0.25) is 5.91 Å². The number of hydrogen-bond acceptors (Lipinski definition) is 4. The maximum absolute atomic E-state index is 12.5. The number of amides is 1. The number of hydrogen-bond donors (Lipinski definition) is 2. The van der Waals surface area contributed by atoms with Crippen LogP contribution < -0.4 is 11.1 Å². The lowest BCUT2D eigenvalue weighted by Gasteiger charge is -2.43. The third-order valence-corrected chi connectivity index (χ3v) is 6.02. The van der Waals surface area contributed by atoms with Crippen molar-refractivity contribution in [2.24, 2.45) is 23.5 Å². The Bertz CT molecular complexity index is 412. The van der Waals surface area contributed by atoms with Gasteiger partial charge in [-0.25, -0.2) is 0 Å². The molecule has 3 N–H and O–H groups in total. The highest BCUT2D eigenvalue weighted by Gasteiger charge is 2.40. The van der Waals surface area contributed by atoms with Gasteiger partial charge in [0.05, 0.1) is 12.2 Å². The van der Waals surface area contributed by atoms with Gasteiger partial charge in [0.25, 0.3) is 0 Å². The smallest absolute Gasteiger partial charge is 0.223 e. The number of ether oxygens (including phenoxy) is 1. The number of rotatable bonds is 4. The van der Waals surface area contributed by atoms with Crippen molar-refractivity contribution in [2.45, 2.75) is 57.6 Å². The standard InChI is InChI=1S/C18H33N3O2/c1-18(2)12-21(8-9-23-18)7-6-20-17(22)15-10-13-4-3-5-14(11-15)16(13)19/h13-16H,3-12,19H2,1-2H3,(H,20,22). The van der Waals surface area contributed by atoms with E-state index in [1.807, 2.05) is 0 Å². The van der Waals surface area contributed by atoms with Crippen LogP contribution in [-0.4, -0.2) is 55.2 Å². The summed E-state index contributed by atoms with van der Waals surface area (Å²) in [4.78, 5) is 14.9. The lowest BCUT2D eigenvalue weighted by molar-refractivity contribution is -0.128. The molecule has 1 amide bonds. The van der Waals surface area contributed by atoms with Gasteiger partial charge < -0.3 is 15.8 Å². The highest BCUT2D eigenvalue weighted by molar-refractivity contribution is 5.78. The predicted octanol–water partition coefficient (Wildman–Crippen LogP) is 1.37. The molecule has 0 aromatic heterocycles. The molecule has 1 aliphatic heterocycles. The molecule has 3 rings (SSSR count). The first kappa shape index (κ1) is 17.2. The Hall–Kier alpha value is -0.650. The Balaban J connectivity index is 1.41. The molecule has 2 aliphatic carbocycles. The molecule has 1 heterocycles. The zero-order valence-electron chi connectivity index (χ0n) is 14.7. The molecule has 0 aromatic carbocycles. The molecular formula is C18H33N3O2. The van der Waals surface area contributed by atoms with Crippen molar-refractivity contribution >= 4 is 5.91 Å². The van der Waals surface area contributed by atoms with Crippen LogP contribution in [0.15, 0.2) is 0 Å². The van der Waals surface area contributed by atoms with Crippen LogP contribution >= 0.6 is 0 Å². The summed E-state index contributed by atoms with van der Waals surface area (Å²) < 4.78 is 5.73. The summed E-state index contributed by atoms with van der Waals surface area (Å²) in [5.41, 5.74) is 6.25.